The molecule has 3 aromatic carbocycles. The van der Waals surface area contributed by atoms with E-state index in [0.29, 0.717) is 23.4 Å². The SMILES string of the molecule is C=CC(=O)Nc1cccc(-c2ccc(C(N)=O)c3[nH]c(-c4ccc5c(c4)CCO5)cc23)c1C. The van der Waals surface area contributed by atoms with Gasteiger partial charge < -0.3 is 20.8 Å². The van der Waals surface area contributed by atoms with Crippen LogP contribution in [0.5, 0.6) is 5.75 Å². The maximum Gasteiger partial charge on any atom is 0.250 e. The Bertz CT molecular complexity index is 1450. The maximum atomic E-state index is 12.2. The monoisotopic (exact) mass is 437 g/mol. The number of hydrogen-bond acceptors (Lipinski definition) is 3. The highest BCUT2D eigenvalue weighted by molar-refractivity contribution is 6.11. The minimum Gasteiger partial charge on any atom is -0.493 e. The number of nitrogens with two attached hydrogens (primary N) is 1. The second kappa shape index (κ2) is 7.98. The van der Waals surface area contributed by atoms with Crippen molar-refractivity contribution in [2.75, 3.05) is 11.9 Å². The molecule has 164 valence electrons. The Labute approximate surface area is 191 Å². The fourth-order valence-corrected chi connectivity index (χ4v) is 4.42. The molecule has 1 aliphatic rings. The Morgan fingerprint density at radius 2 is 1.97 bits per heavy atom. The number of rotatable bonds is 5. The first-order chi connectivity index (χ1) is 16.0. The molecule has 2 heterocycles. The third kappa shape index (κ3) is 3.55. The molecular formula is C27H23N3O3. The number of aromatic amines is 1. The molecule has 0 saturated heterocycles. The molecule has 0 aliphatic carbocycles. The summed E-state index contributed by atoms with van der Waals surface area (Å²) in [5, 5.41) is 3.73. The van der Waals surface area contributed by atoms with Gasteiger partial charge >= 0.3 is 0 Å². The summed E-state index contributed by atoms with van der Waals surface area (Å²) in [5.41, 5.74) is 13.4. The molecule has 4 N–H and O–H groups in total. The number of aromatic nitrogens is 1. The molecule has 0 radical (unpaired) electrons. The zero-order valence-electron chi connectivity index (χ0n) is 18.2. The molecule has 0 saturated carbocycles. The van der Waals surface area contributed by atoms with E-state index in [2.05, 4.69) is 22.9 Å². The summed E-state index contributed by atoms with van der Waals surface area (Å²) in [5.74, 6) is 0.155. The van der Waals surface area contributed by atoms with E-state index in [9.17, 15) is 9.59 Å². The Morgan fingerprint density at radius 1 is 1.12 bits per heavy atom. The average Bonchev–Trinajstić information content (AvgIpc) is 3.46. The van der Waals surface area contributed by atoms with Crippen LogP contribution in [-0.2, 0) is 11.2 Å². The van der Waals surface area contributed by atoms with E-state index in [1.54, 1.807) is 6.07 Å². The Morgan fingerprint density at radius 3 is 2.76 bits per heavy atom. The van der Waals surface area contributed by atoms with Gasteiger partial charge in [-0.2, -0.15) is 0 Å². The number of anilines is 1. The van der Waals surface area contributed by atoms with Gasteiger partial charge in [-0.05, 0) is 77.2 Å². The molecule has 4 aromatic rings. The van der Waals surface area contributed by atoms with Crippen LogP contribution >= 0.6 is 0 Å². The van der Waals surface area contributed by atoms with Crippen molar-refractivity contribution in [3.63, 3.8) is 0 Å². The number of fused-ring (bicyclic) bond motifs is 2. The van der Waals surface area contributed by atoms with Crippen molar-refractivity contribution >= 4 is 28.4 Å². The van der Waals surface area contributed by atoms with Crippen molar-refractivity contribution < 1.29 is 14.3 Å². The number of H-pyrrole nitrogens is 1. The van der Waals surface area contributed by atoms with Crippen molar-refractivity contribution in [2.24, 2.45) is 5.73 Å². The van der Waals surface area contributed by atoms with Gasteiger partial charge in [-0.15, -0.1) is 0 Å². The van der Waals surface area contributed by atoms with Gasteiger partial charge in [0.2, 0.25) is 5.91 Å². The summed E-state index contributed by atoms with van der Waals surface area (Å²) < 4.78 is 5.63. The number of carbonyl (C=O) groups excluding carboxylic acids is 2. The molecular weight excluding hydrogens is 414 g/mol. The molecule has 33 heavy (non-hydrogen) atoms. The second-order valence-corrected chi connectivity index (χ2v) is 8.09. The van der Waals surface area contributed by atoms with Crippen LogP contribution in [0.4, 0.5) is 5.69 Å². The van der Waals surface area contributed by atoms with E-state index in [1.165, 1.54) is 11.6 Å². The molecule has 2 amide bonds. The number of nitrogens with one attached hydrogen (secondary N) is 2. The normalized spacial score (nSPS) is 12.3. The van der Waals surface area contributed by atoms with E-state index >= 15 is 0 Å². The van der Waals surface area contributed by atoms with Crippen LogP contribution in [0.3, 0.4) is 0 Å². The highest BCUT2D eigenvalue weighted by atomic mass is 16.5. The molecule has 1 aliphatic heterocycles. The fourth-order valence-electron chi connectivity index (χ4n) is 4.42. The van der Waals surface area contributed by atoms with Crippen LogP contribution in [-0.4, -0.2) is 23.4 Å². The third-order valence-corrected chi connectivity index (χ3v) is 6.13. The van der Waals surface area contributed by atoms with Crippen molar-refractivity contribution in [3.05, 3.63) is 83.9 Å². The van der Waals surface area contributed by atoms with Crippen molar-refractivity contribution in [1.82, 2.24) is 4.98 Å². The minimum atomic E-state index is -0.494. The number of benzene rings is 3. The lowest BCUT2D eigenvalue weighted by atomic mass is 9.94. The molecule has 6 heteroatoms. The summed E-state index contributed by atoms with van der Waals surface area (Å²) in [6.07, 6.45) is 2.12. The van der Waals surface area contributed by atoms with E-state index in [0.717, 1.165) is 45.5 Å². The van der Waals surface area contributed by atoms with Gasteiger partial charge in [0.25, 0.3) is 5.91 Å². The van der Waals surface area contributed by atoms with Crippen LogP contribution in [0.1, 0.15) is 21.5 Å². The summed E-state index contributed by atoms with van der Waals surface area (Å²) in [4.78, 5) is 27.4. The summed E-state index contributed by atoms with van der Waals surface area (Å²) in [7, 11) is 0. The first-order valence-electron chi connectivity index (χ1n) is 10.7. The number of carbonyl (C=O) groups is 2. The lowest BCUT2D eigenvalue weighted by molar-refractivity contribution is -0.111. The average molecular weight is 437 g/mol. The van der Waals surface area contributed by atoms with Gasteiger partial charge in [0.05, 0.1) is 17.7 Å². The first-order valence-corrected chi connectivity index (χ1v) is 10.7. The van der Waals surface area contributed by atoms with Gasteiger partial charge in [-0.1, -0.05) is 24.8 Å². The van der Waals surface area contributed by atoms with E-state index < -0.39 is 5.91 Å². The lowest BCUT2D eigenvalue weighted by Gasteiger charge is -2.13. The van der Waals surface area contributed by atoms with Gasteiger partial charge in [-0.3, -0.25) is 9.59 Å². The van der Waals surface area contributed by atoms with Crippen molar-refractivity contribution in [2.45, 2.75) is 13.3 Å². The van der Waals surface area contributed by atoms with Crippen LogP contribution in [0.2, 0.25) is 0 Å². The first kappa shape index (κ1) is 20.6. The number of ether oxygens (including phenoxy) is 1. The molecule has 0 spiro atoms. The number of primary amides is 1. The number of hydrogen-bond donors (Lipinski definition) is 3. The molecule has 5 rings (SSSR count). The predicted octanol–water partition coefficient (Wildman–Crippen LogP) is 4.97. The molecule has 1 aromatic heterocycles. The van der Waals surface area contributed by atoms with Crippen LogP contribution < -0.4 is 15.8 Å². The quantitative estimate of drug-likeness (QED) is 0.385. The number of amides is 2. The van der Waals surface area contributed by atoms with Crippen LogP contribution in [0, 0.1) is 6.92 Å². The summed E-state index contributed by atoms with van der Waals surface area (Å²) in [6, 6.07) is 17.5. The zero-order valence-corrected chi connectivity index (χ0v) is 18.2. The molecule has 0 fully saturated rings. The zero-order chi connectivity index (χ0) is 23.1. The predicted molar refractivity (Wildman–Crippen MR) is 130 cm³/mol. The highest BCUT2D eigenvalue weighted by Crippen LogP contribution is 2.38. The summed E-state index contributed by atoms with van der Waals surface area (Å²) >= 11 is 0. The lowest BCUT2D eigenvalue weighted by Crippen LogP contribution is -2.11. The Hall–Kier alpha value is -4.32. The molecule has 0 atom stereocenters. The van der Waals surface area contributed by atoms with Gasteiger partial charge in [-0.25, -0.2) is 0 Å². The van der Waals surface area contributed by atoms with Gasteiger partial charge in [0.1, 0.15) is 5.75 Å². The molecule has 0 unspecified atom stereocenters. The van der Waals surface area contributed by atoms with Gasteiger partial charge in [0, 0.05) is 23.2 Å². The van der Waals surface area contributed by atoms with E-state index in [4.69, 9.17) is 10.5 Å². The van der Waals surface area contributed by atoms with E-state index in [-0.39, 0.29) is 5.91 Å². The second-order valence-electron chi connectivity index (χ2n) is 8.09. The van der Waals surface area contributed by atoms with Crippen molar-refractivity contribution in [3.8, 4) is 28.1 Å². The topological polar surface area (TPSA) is 97.2 Å². The van der Waals surface area contributed by atoms with Crippen LogP contribution in [0.15, 0.2) is 67.3 Å². The minimum absolute atomic E-state index is 0.269. The van der Waals surface area contributed by atoms with Gasteiger partial charge in [0.15, 0.2) is 0 Å². The highest BCUT2D eigenvalue weighted by Gasteiger charge is 2.19. The summed E-state index contributed by atoms with van der Waals surface area (Å²) in [6.45, 7) is 6.17. The third-order valence-electron chi connectivity index (χ3n) is 6.13. The molecule has 6 nitrogen and oxygen atoms in total. The fraction of sp³-hybridized carbons (Fsp3) is 0.111. The molecule has 0 bridgehead atoms. The Kier molecular flexibility index (Phi) is 4.98. The standard InChI is InChI=1S/C27H23N3O3/c1-3-25(31)29-22-6-4-5-18(15(22)2)19-8-9-20(27(28)32)26-21(19)14-23(30-26)16-7-10-24-17(13-16)11-12-33-24/h3-10,13-14,30H,1,11-12H2,2H3,(H2,28,32)(H,29,31). The van der Waals surface area contributed by atoms with Crippen molar-refractivity contribution in [1.29, 1.82) is 0 Å². The Balaban J connectivity index is 1.69. The largest absolute Gasteiger partial charge is 0.493 e. The van der Waals surface area contributed by atoms with E-state index in [1.807, 2.05) is 49.4 Å². The smallest absolute Gasteiger partial charge is 0.250 e. The van der Waals surface area contributed by atoms with Crippen LogP contribution in [0.25, 0.3) is 33.3 Å². The maximum absolute atomic E-state index is 12.2.